The minimum absolute atomic E-state index is 0.0847. The first kappa shape index (κ1) is 26.2. The minimum Gasteiger partial charge on any atom is -0.511 e. The lowest BCUT2D eigenvalue weighted by Crippen LogP contribution is -2.54. The number of allylic oxidation sites excluding steroid dienone is 2. The van der Waals surface area contributed by atoms with Crippen LogP contribution in [0.4, 0.5) is 5.69 Å². The first-order valence-electron chi connectivity index (χ1n) is 13.1. The molecule has 5 N–H and O–H groups in total. The molecule has 0 radical (unpaired) electrons. The van der Waals surface area contributed by atoms with Gasteiger partial charge in [0, 0.05) is 30.9 Å². The lowest BCUT2D eigenvalue weighted by atomic mass is 9.60. The fourth-order valence-electron chi connectivity index (χ4n) is 7.28. The summed E-state index contributed by atoms with van der Waals surface area (Å²) in [6.07, 6.45) is 1.62. The van der Waals surface area contributed by atoms with Crippen LogP contribution in [0.3, 0.4) is 0 Å². The molecular formula is C28H36N4O6. The Labute approximate surface area is 222 Å². The highest BCUT2D eigenvalue weighted by Gasteiger charge is 2.55. The van der Waals surface area contributed by atoms with Gasteiger partial charge in [0.2, 0.25) is 0 Å². The molecule has 5 unspecified atom stereocenters. The molecule has 4 aliphatic rings. The smallest absolute Gasteiger partial charge is 0.255 e. The van der Waals surface area contributed by atoms with Crippen molar-refractivity contribution < 1.29 is 29.7 Å². The maximum Gasteiger partial charge on any atom is 0.255 e. The number of phenolic OH excluding ortho intramolecular Hbond substituents is 1. The van der Waals surface area contributed by atoms with E-state index in [2.05, 4.69) is 9.80 Å². The van der Waals surface area contributed by atoms with Crippen LogP contribution in [0, 0.1) is 17.8 Å². The Morgan fingerprint density at radius 1 is 1.16 bits per heavy atom. The number of carbonyl (C=O) groups excluding carboxylic acids is 3. The van der Waals surface area contributed by atoms with E-state index in [1.165, 1.54) is 0 Å². The number of anilines is 1. The molecule has 204 valence electrons. The monoisotopic (exact) mass is 524 g/mol. The Hall–Kier alpha value is -3.37. The van der Waals surface area contributed by atoms with Crippen LogP contribution in [0.1, 0.15) is 47.3 Å². The van der Waals surface area contributed by atoms with Crippen LogP contribution in [0.5, 0.6) is 5.75 Å². The number of aliphatic hydroxyl groups is 2. The van der Waals surface area contributed by atoms with Crippen molar-refractivity contribution in [3.8, 4) is 5.75 Å². The number of hydrogen-bond donors (Lipinski definition) is 4. The third-order valence-corrected chi connectivity index (χ3v) is 9.09. The molecule has 0 aromatic heterocycles. The number of nitrogens with zero attached hydrogens (tertiary/aromatic N) is 3. The Morgan fingerprint density at radius 2 is 1.84 bits per heavy atom. The molecule has 10 nitrogen and oxygen atoms in total. The van der Waals surface area contributed by atoms with Crippen molar-refractivity contribution >= 4 is 23.2 Å². The van der Waals surface area contributed by atoms with Gasteiger partial charge in [-0.05, 0) is 76.0 Å². The van der Waals surface area contributed by atoms with E-state index in [0.717, 1.165) is 29.8 Å². The average Bonchev–Trinajstić information content (AvgIpc) is 2.82. The van der Waals surface area contributed by atoms with Crippen LogP contribution in [-0.4, -0.2) is 89.9 Å². The predicted molar refractivity (Wildman–Crippen MR) is 141 cm³/mol. The highest BCUT2D eigenvalue weighted by atomic mass is 16.3. The van der Waals surface area contributed by atoms with Crippen LogP contribution in [-0.2, 0) is 16.0 Å². The SMILES string of the molecule is CCN(C)C1C(O)=C(C(N)=O)C(=O)C2C(O)=C3C(=O)c4c(O)cc5c(c4CC3CC21)N(C)CCC5N(C)C. The summed E-state index contributed by atoms with van der Waals surface area (Å²) in [6, 6.07) is 1.02. The normalized spacial score (nSPS) is 28.9. The van der Waals surface area contributed by atoms with E-state index < -0.39 is 46.8 Å². The molecule has 0 saturated carbocycles. The van der Waals surface area contributed by atoms with Crippen LogP contribution < -0.4 is 10.6 Å². The molecule has 0 saturated heterocycles. The van der Waals surface area contributed by atoms with Crippen molar-refractivity contribution in [2.45, 2.75) is 38.3 Å². The van der Waals surface area contributed by atoms with Gasteiger partial charge in [0.15, 0.2) is 11.6 Å². The van der Waals surface area contributed by atoms with Gasteiger partial charge in [-0.15, -0.1) is 0 Å². The Kier molecular flexibility index (Phi) is 6.30. The van der Waals surface area contributed by atoms with Crippen LogP contribution in [0.15, 0.2) is 28.7 Å². The summed E-state index contributed by atoms with van der Waals surface area (Å²) in [5, 5.41) is 33.6. The van der Waals surface area contributed by atoms with Gasteiger partial charge >= 0.3 is 0 Å². The molecule has 1 amide bonds. The summed E-state index contributed by atoms with van der Waals surface area (Å²) in [6.45, 7) is 3.19. The fraction of sp³-hybridized carbons (Fsp3) is 0.536. The third kappa shape index (κ3) is 3.57. The van der Waals surface area contributed by atoms with Crippen molar-refractivity contribution in [2.24, 2.45) is 23.5 Å². The van der Waals surface area contributed by atoms with Gasteiger partial charge in [0.1, 0.15) is 22.8 Å². The number of fused-ring (bicyclic) bond motifs is 5. The van der Waals surface area contributed by atoms with Crippen molar-refractivity contribution in [3.63, 3.8) is 0 Å². The molecule has 1 aliphatic heterocycles. The molecule has 1 aromatic rings. The average molecular weight is 525 g/mol. The van der Waals surface area contributed by atoms with Crippen molar-refractivity contribution in [1.82, 2.24) is 9.80 Å². The summed E-state index contributed by atoms with van der Waals surface area (Å²) in [5.74, 6) is -5.39. The summed E-state index contributed by atoms with van der Waals surface area (Å²) in [5.41, 5.74) is 7.84. The number of hydrogen-bond acceptors (Lipinski definition) is 9. The number of Topliss-reactive ketones (excluding diaryl/α,β-unsaturated/α-hetero) is 2. The van der Waals surface area contributed by atoms with E-state index >= 15 is 0 Å². The zero-order valence-electron chi connectivity index (χ0n) is 22.5. The highest BCUT2D eigenvalue weighted by molar-refractivity contribution is 6.22. The van der Waals surface area contributed by atoms with E-state index in [4.69, 9.17) is 5.73 Å². The second-order valence-electron chi connectivity index (χ2n) is 11.3. The van der Waals surface area contributed by atoms with Crippen LogP contribution in [0.25, 0.3) is 0 Å². The van der Waals surface area contributed by atoms with Gasteiger partial charge in [0.25, 0.3) is 5.91 Å². The number of primary amides is 1. The first-order valence-corrected chi connectivity index (χ1v) is 13.1. The topological polar surface area (TPSA) is 148 Å². The number of benzene rings is 1. The van der Waals surface area contributed by atoms with E-state index in [0.29, 0.717) is 19.4 Å². The zero-order valence-corrected chi connectivity index (χ0v) is 22.5. The van der Waals surface area contributed by atoms with Gasteiger partial charge in [-0.25, -0.2) is 0 Å². The van der Waals surface area contributed by atoms with Gasteiger partial charge in [-0.1, -0.05) is 6.92 Å². The number of phenols is 1. The van der Waals surface area contributed by atoms with E-state index in [9.17, 15) is 29.7 Å². The first-order chi connectivity index (χ1) is 17.9. The van der Waals surface area contributed by atoms with Crippen molar-refractivity contribution in [1.29, 1.82) is 0 Å². The van der Waals surface area contributed by atoms with E-state index in [1.807, 2.05) is 33.0 Å². The van der Waals surface area contributed by atoms with E-state index in [-0.39, 0.29) is 34.4 Å². The second-order valence-corrected chi connectivity index (χ2v) is 11.3. The summed E-state index contributed by atoms with van der Waals surface area (Å²) in [7, 11) is 7.74. The predicted octanol–water partition coefficient (Wildman–Crippen LogP) is 1.84. The van der Waals surface area contributed by atoms with E-state index in [1.54, 1.807) is 13.1 Å². The molecule has 0 bridgehead atoms. The zero-order chi connectivity index (χ0) is 27.8. The fourth-order valence-corrected chi connectivity index (χ4v) is 7.28. The molecule has 0 spiro atoms. The van der Waals surface area contributed by atoms with Crippen molar-refractivity contribution in [2.75, 3.05) is 46.2 Å². The van der Waals surface area contributed by atoms with Gasteiger partial charge in [0.05, 0.1) is 17.5 Å². The molecule has 10 heteroatoms. The number of aliphatic hydroxyl groups excluding tert-OH is 2. The molecule has 1 heterocycles. The third-order valence-electron chi connectivity index (χ3n) is 9.09. The number of ketones is 2. The minimum atomic E-state index is -1.18. The molecular weight excluding hydrogens is 488 g/mol. The number of amides is 1. The number of carbonyl (C=O) groups is 3. The Morgan fingerprint density at radius 3 is 2.45 bits per heavy atom. The van der Waals surface area contributed by atoms with Gasteiger partial charge in [-0.2, -0.15) is 0 Å². The molecule has 3 aliphatic carbocycles. The number of rotatable bonds is 4. The maximum absolute atomic E-state index is 13.9. The van der Waals surface area contributed by atoms with Crippen molar-refractivity contribution in [3.05, 3.63) is 45.4 Å². The summed E-state index contributed by atoms with van der Waals surface area (Å²) < 4.78 is 0. The largest absolute Gasteiger partial charge is 0.511 e. The molecule has 5 rings (SSSR count). The molecule has 1 aromatic carbocycles. The standard InChI is InChI=1S/C28H36N4O6/c1-6-31(4)23-15-10-12-9-14-19(17(33)11-13-16(30(2)3)7-8-32(5)22(13)14)24(34)18(12)25(35)20(15)26(36)21(27(23)37)28(29)38/h11-12,15-16,20,23,33,35,37H,6-10H2,1-5H3,(H2,29,38). The number of aromatic hydroxyl groups is 1. The maximum atomic E-state index is 13.9. The summed E-state index contributed by atoms with van der Waals surface area (Å²) in [4.78, 5) is 45.6. The summed E-state index contributed by atoms with van der Waals surface area (Å²) >= 11 is 0. The highest BCUT2D eigenvalue weighted by Crippen LogP contribution is 2.53. The lowest BCUT2D eigenvalue weighted by molar-refractivity contribution is -0.127. The Balaban J connectivity index is 1.69. The number of likely N-dealkylation sites (N-methyl/N-ethyl adjacent to an activating group) is 1. The second kappa shape index (κ2) is 9.13. The Bertz CT molecular complexity index is 1310. The van der Waals surface area contributed by atoms with Gasteiger partial charge in [-0.3, -0.25) is 19.3 Å². The lowest BCUT2D eigenvalue weighted by Gasteiger charge is -2.47. The molecule has 38 heavy (non-hydrogen) atoms. The molecule has 5 atom stereocenters. The van der Waals surface area contributed by atoms with Crippen LogP contribution in [0.2, 0.25) is 0 Å². The quantitative estimate of drug-likeness (QED) is 0.433. The van der Waals surface area contributed by atoms with Crippen LogP contribution >= 0.6 is 0 Å². The molecule has 0 fully saturated rings. The van der Waals surface area contributed by atoms with Gasteiger partial charge < -0.3 is 30.9 Å². The number of nitrogens with two attached hydrogens (primary N) is 1.